The number of non-ortho nitro benzene ring substituents is 1. The topological polar surface area (TPSA) is 107 Å². The highest BCUT2D eigenvalue weighted by molar-refractivity contribution is 7.92. The van der Waals surface area contributed by atoms with Crippen molar-refractivity contribution in [2.24, 2.45) is 0 Å². The highest BCUT2D eigenvalue weighted by atomic mass is 32.2. The number of hydrogen-bond acceptors (Lipinski definition) is 6. The number of hydrogen-bond donors (Lipinski definition) is 0. The van der Waals surface area contributed by atoms with Crippen LogP contribution in [0.3, 0.4) is 0 Å². The number of rotatable bonds is 6. The molecule has 0 aliphatic carbocycles. The van der Waals surface area contributed by atoms with E-state index < -0.39 is 20.9 Å². The quantitative estimate of drug-likeness (QED) is 0.443. The second kappa shape index (κ2) is 7.31. The van der Waals surface area contributed by atoms with E-state index in [1.807, 2.05) is 0 Å². The second-order valence-electron chi connectivity index (χ2n) is 4.96. The molecule has 0 unspecified atom stereocenters. The molecule has 9 heteroatoms. The standard InChI is InChI=1S/C16H16N2O6S/c1-3-24-16(19)14-9-4-5-10-15(14)17(2)25(22,23)13-8-6-7-12(11-13)18(20)21/h4-11H,3H2,1-2H3. The molecule has 0 aromatic heterocycles. The lowest BCUT2D eigenvalue weighted by Crippen LogP contribution is -2.28. The van der Waals surface area contributed by atoms with Crippen molar-refractivity contribution in [1.82, 2.24) is 0 Å². The van der Waals surface area contributed by atoms with Crippen molar-refractivity contribution in [3.8, 4) is 0 Å². The smallest absolute Gasteiger partial charge is 0.340 e. The Balaban J connectivity index is 2.50. The number of nitro groups is 1. The fourth-order valence-electron chi connectivity index (χ4n) is 2.17. The summed E-state index contributed by atoms with van der Waals surface area (Å²) in [5.74, 6) is -0.654. The van der Waals surface area contributed by atoms with E-state index in [1.165, 1.54) is 37.4 Å². The van der Waals surface area contributed by atoms with Crippen molar-refractivity contribution < 1.29 is 22.9 Å². The van der Waals surface area contributed by atoms with Gasteiger partial charge in [-0.05, 0) is 25.1 Å². The highest BCUT2D eigenvalue weighted by Gasteiger charge is 2.26. The van der Waals surface area contributed by atoms with Gasteiger partial charge < -0.3 is 4.74 Å². The third-order valence-corrected chi connectivity index (χ3v) is 5.19. The van der Waals surface area contributed by atoms with Crippen LogP contribution in [0.5, 0.6) is 0 Å². The maximum absolute atomic E-state index is 12.8. The minimum Gasteiger partial charge on any atom is -0.462 e. The Morgan fingerprint density at radius 3 is 2.52 bits per heavy atom. The number of anilines is 1. The van der Waals surface area contributed by atoms with Crippen molar-refractivity contribution in [1.29, 1.82) is 0 Å². The van der Waals surface area contributed by atoms with Gasteiger partial charge in [0.1, 0.15) is 0 Å². The molecule has 0 atom stereocenters. The lowest BCUT2D eigenvalue weighted by molar-refractivity contribution is -0.385. The molecule has 0 radical (unpaired) electrons. The Morgan fingerprint density at radius 2 is 1.88 bits per heavy atom. The summed E-state index contributed by atoms with van der Waals surface area (Å²) in [7, 11) is -2.83. The van der Waals surface area contributed by atoms with E-state index in [2.05, 4.69) is 0 Å². The van der Waals surface area contributed by atoms with Crippen LogP contribution in [0, 0.1) is 10.1 Å². The zero-order chi connectivity index (χ0) is 18.6. The number of nitro benzene ring substituents is 1. The van der Waals surface area contributed by atoms with E-state index in [4.69, 9.17) is 4.74 Å². The zero-order valence-electron chi connectivity index (χ0n) is 13.6. The van der Waals surface area contributed by atoms with Gasteiger partial charge in [-0.3, -0.25) is 14.4 Å². The first kappa shape index (κ1) is 18.4. The van der Waals surface area contributed by atoms with Crippen LogP contribution in [0.2, 0.25) is 0 Å². The SMILES string of the molecule is CCOC(=O)c1ccccc1N(C)S(=O)(=O)c1cccc([N+](=O)[O-])c1. The van der Waals surface area contributed by atoms with Crippen molar-refractivity contribution in [3.05, 3.63) is 64.2 Å². The van der Waals surface area contributed by atoms with Crippen LogP contribution in [-0.2, 0) is 14.8 Å². The number of carbonyl (C=O) groups is 1. The van der Waals surface area contributed by atoms with E-state index in [-0.39, 0.29) is 28.4 Å². The van der Waals surface area contributed by atoms with E-state index >= 15 is 0 Å². The lowest BCUT2D eigenvalue weighted by atomic mass is 10.2. The molecule has 2 aromatic carbocycles. The van der Waals surface area contributed by atoms with Crippen molar-refractivity contribution in [3.63, 3.8) is 0 Å². The average molecular weight is 364 g/mol. The molecule has 0 spiro atoms. The molecule has 0 aliphatic heterocycles. The van der Waals surface area contributed by atoms with Gasteiger partial charge in [-0.25, -0.2) is 13.2 Å². The van der Waals surface area contributed by atoms with Gasteiger partial charge in [0.2, 0.25) is 0 Å². The van der Waals surface area contributed by atoms with Crippen LogP contribution in [0.15, 0.2) is 53.4 Å². The van der Waals surface area contributed by atoms with Gasteiger partial charge in [-0.1, -0.05) is 18.2 Å². The predicted molar refractivity (Wildman–Crippen MR) is 91.1 cm³/mol. The van der Waals surface area contributed by atoms with Gasteiger partial charge >= 0.3 is 5.97 Å². The molecule has 0 saturated carbocycles. The van der Waals surface area contributed by atoms with Crippen LogP contribution < -0.4 is 4.31 Å². The minimum atomic E-state index is -4.10. The number of ether oxygens (including phenoxy) is 1. The number of para-hydroxylation sites is 1. The van der Waals surface area contributed by atoms with E-state index in [0.717, 1.165) is 10.4 Å². The summed E-state index contributed by atoms with van der Waals surface area (Å²) >= 11 is 0. The summed E-state index contributed by atoms with van der Waals surface area (Å²) in [6.45, 7) is 1.79. The highest BCUT2D eigenvalue weighted by Crippen LogP contribution is 2.27. The number of benzene rings is 2. The van der Waals surface area contributed by atoms with E-state index in [1.54, 1.807) is 19.1 Å². The van der Waals surface area contributed by atoms with Crippen LogP contribution in [0.4, 0.5) is 11.4 Å². The van der Waals surface area contributed by atoms with Crippen molar-refractivity contribution in [2.45, 2.75) is 11.8 Å². The maximum Gasteiger partial charge on any atom is 0.340 e. The number of sulfonamides is 1. The Labute approximate surface area is 144 Å². The predicted octanol–water partition coefficient (Wildman–Crippen LogP) is 2.60. The third-order valence-electron chi connectivity index (χ3n) is 3.43. The summed E-state index contributed by atoms with van der Waals surface area (Å²) in [4.78, 5) is 22.0. The van der Waals surface area contributed by atoms with Gasteiger partial charge in [0.25, 0.3) is 15.7 Å². The van der Waals surface area contributed by atoms with Gasteiger partial charge in [0.15, 0.2) is 0 Å². The van der Waals surface area contributed by atoms with Crippen LogP contribution in [0.25, 0.3) is 0 Å². The van der Waals surface area contributed by atoms with Crippen LogP contribution in [0.1, 0.15) is 17.3 Å². The van der Waals surface area contributed by atoms with E-state index in [0.29, 0.717) is 0 Å². The number of esters is 1. The van der Waals surface area contributed by atoms with Crippen LogP contribution >= 0.6 is 0 Å². The molecule has 8 nitrogen and oxygen atoms in total. The first-order valence-electron chi connectivity index (χ1n) is 7.28. The molecule has 25 heavy (non-hydrogen) atoms. The van der Waals surface area contributed by atoms with Crippen LogP contribution in [-0.4, -0.2) is 33.0 Å². The molecule has 0 aliphatic rings. The Morgan fingerprint density at radius 1 is 1.20 bits per heavy atom. The fourth-order valence-corrected chi connectivity index (χ4v) is 3.43. The molecule has 2 rings (SSSR count). The summed E-state index contributed by atoms with van der Waals surface area (Å²) in [5, 5.41) is 10.9. The summed E-state index contributed by atoms with van der Waals surface area (Å²) in [6.07, 6.45) is 0. The van der Waals surface area contributed by atoms with Gasteiger partial charge in [0.05, 0.1) is 27.7 Å². The molecule has 0 fully saturated rings. The normalized spacial score (nSPS) is 11.0. The molecular weight excluding hydrogens is 348 g/mol. The Hall–Kier alpha value is -2.94. The Kier molecular flexibility index (Phi) is 5.38. The molecule has 2 aromatic rings. The molecule has 132 valence electrons. The minimum absolute atomic E-state index is 0.0841. The zero-order valence-corrected chi connectivity index (χ0v) is 14.4. The molecule has 0 bridgehead atoms. The lowest BCUT2D eigenvalue weighted by Gasteiger charge is -2.21. The summed E-state index contributed by atoms with van der Waals surface area (Å²) in [5.41, 5.74) is -0.138. The van der Waals surface area contributed by atoms with E-state index in [9.17, 15) is 23.3 Å². The molecule has 0 amide bonds. The molecular formula is C16H16N2O6S. The van der Waals surface area contributed by atoms with Gasteiger partial charge in [-0.2, -0.15) is 0 Å². The average Bonchev–Trinajstić information content (AvgIpc) is 2.61. The molecule has 0 heterocycles. The van der Waals surface area contributed by atoms with Crippen molar-refractivity contribution >= 4 is 27.4 Å². The first-order valence-corrected chi connectivity index (χ1v) is 8.72. The van der Waals surface area contributed by atoms with Gasteiger partial charge in [0, 0.05) is 19.2 Å². The third kappa shape index (κ3) is 3.77. The largest absolute Gasteiger partial charge is 0.462 e. The summed E-state index contributed by atoms with van der Waals surface area (Å²) < 4.78 is 31.4. The number of nitrogens with zero attached hydrogens (tertiary/aromatic N) is 2. The van der Waals surface area contributed by atoms with Crippen molar-refractivity contribution in [2.75, 3.05) is 18.0 Å². The summed E-state index contributed by atoms with van der Waals surface area (Å²) in [6, 6.07) is 10.8. The first-order chi connectivity index (χ1) is 11.8. The molecule has 0 saturated heterocycles. The number of carbonyl (C=O) groups excluding carboxylic acids is 1. The molecule has 0 N–H and O–H groups in total. The second-order valence-corrected chi connectivity index (χ2v) is 6.93. The fraction of sp³-hybridized carbons (Fsp3) is 0.188. The maximum atomic E-state index is 12.8. The Bertz CT molecular complexity index is 910. The monoisotopic (exact) mass is 364 g/mol. The van der Waals surface area contributed by atoms with Gasteiger partial charge in [-0.15, -0.1) is 0 Å².